The van der Waals surface area contributed by atoms with E-state index in [0.29, 0.717) is 0 Å². The molecule has 1 atom stereocenters. The Labute approximate surface area is 45.0 Å². The van der Waals surface area contributed by atoms with Gasteiger partial charge in [-0.15, -0.1) is 4.91 Å². The van der Waals surface area contributed by atoms with Gasteiger partial charge in [-0.25, -0.2) is 0 Å². The van der Waals surface area contributed by atoms with Gasteiger partial charge in [0.25, 0.3) is 0 Å². The minimum absolute atomic E-state index is 0.183. The van der Waals surface area contributed by atoms with E-state index in [1.807, 2.05) is 6.92 Å². The van der Waals surface area contributed by atoms with E-state index in [0.717, 1.165) is 6.42 Å². The van der Waals surface area contributed by atoms with Crippen molar-refractivity contribution in [2.45, 2.75) is 18.3 Å². The summed E-state index contributed by atoms with van der Waals surface area (Å²) in [5, 5.41) is 2.67. The first-order valence-electron chi connectivity index (χ1n) is 1.77. The van der Waals surface area contributed by atoms with E-state index in [1.54, 1.807) is 0 Å². The number of alkyl halides is 1. The van der Waals surface area contributed by atoms with Crippen LogP contribution in [0.3, 0.4) is 0 Å². The molecule has 0 N–H and O–H groups in total. The summed E-state index contributed by atoms with van der Waals surface area (Å²) in [5.41, 5.74) is 0. The predicted molar refractivity (Wildman–Crippen MR) is 28.8 cm³/mol. The Bertz CT molecular complexity index is 48.1. The molecule has 3 heteroatoms. The molecule has 0 saturated carbocycles. The predicted octanol–water partition coefficient (Wildman–Crippen LogP) is 1.88. The van der Waals surface area contributed by atoms with E-state index in [4.69, 9.17) is 0 Å². The van der Waals surface area contributed by atoms with Crippen molar-refractivity contribution in [2.24, 2.45) is 5.18 Å². The molecular formula is C3H6BrNO. The lowest BCUT2D eigenvalue weighted by Crippen LogP contribution is -1.83. The van der Waals surface area contributed by atoms with E-state index in [9.17, 15) is 4.91 Å². The van der Waals surface area contributed by atoms with Crippen LogP contribution in [0.1, 0.15) is 13.3 Å². The zero-order valence-corrected chi connectivity index (χ0v) is 5.10. The zero-order chi connectivity index (χ0) is 4.99. The van der Waals surface area contributed by atoms with Gasteiger partial charge in [0, 0.05) is 0 Å². The fraction of sp³-hybridized carbons (Fsp3) is 1.00. The summed E-state index contributed by atoms with van der Waals surface area (Å²) >= 11 is 3.00. The van der Waals surface area contributed by atoms with Crippen molar-refractivity contribution in [1.82, 2.24) is 0 Å². The monoisotopic (exact) mass is 151 g/mol. The van der Waals surface area contributed by atoms with Crippen molar-refractivity contribution in [3.63, 3.8) is 0 Å². The fourth-order valence-electron chi connectivity index (χ4n) is 0.0745. The van der Waals surface area contributed by atoms with Crippen LogP contribution < -0.4 is 0 Å². The van der Waals surface area contributed by atoms with Gasteiger partial charge in [0.05, 0.1) is 0 Å². The Hall–Kier alpha value is 0.0800. The summed E-state index contributed by atoms with van der Waals surface area (Å²) < 4.78 is 0. The molecule has 0 saturated heterocycles. The molecule has 0 fully saturated rings. The molecule has 0 aliphatic rings. The van der Waals surface area contributed by atoms with Crippen LogP contribution in [-0.4, -0.2) is 4.95 Å². The van der Waals surface area contributed by atoms with E-state index in [2.05, 4.69) is 21.1 Å². The van der Waals surface area contributed by atoms with Gasteiger partial charge < -0.3 is 0 Å². The molecule has 0 aromatic rings. The van der Waals surface area contributed by atoms with Crippen molar-refractivity contribution in [2.75, 3.05) is 0 Å². The number of nitrogens with zero attached hydrogens (tertiary/aromatic N) is 1. The first kappa shape index (κ1) is 6.08. The van der Waals surface area contributed by atoms with Crippen molar-refractivity contribution in [3.05, 3.63) is 4.91 Å². The van der Waals surface area contributed by atoms with Crippen LogP contribution in [0.2, 0.25) is 0 Å². The van der Waals surface area contributed by atoms with Crippen molar-refractivity contribution < 1.29 is 0 Å². The topological polar surface area (TPSA) is 29.4 Å². The lowest BCUT2D eigenvalue weighted by Gasteiger charge is -1.85. The summed E-state index contributed by atoms with van der Waals surface area (Å²) in [5.74, 6) is 0. The van der Waals surface area contributed by atoms with Crippen LogP contribution in [0.15, 0.2) is 5.18 Å². The molecule has 0 radical (unpaired) electrons. The van der Waals surface area contributed by atoms with E-state index >= 15 is 0 Å². The van der Waals surface area contributed by atoms with Crippen LogP contribution in [0, 0.1) is 4.91 Å². The Kier molecular flexibility index (Phi) is 3.32. The smallest absolute Gasteiger partial charge is 0.146 e. The third kappa shape index (κ3) is 2.33. The molecule has 6 heavy (non-hydrogen) atoms. The van der Waals surface area contributed by atoms with E-state index in [-0.39, 0.29) is 4.95 Å². The highest BCUT2D eigenvalue weighted by atomic mass is 79.9. The number of halogens is 1. The van der Waals surface area contributed by atoms with Crippen LogP contribution in [0.5, 0.6) is 0 Å². The standard InChI is InChI=1S/C3H6BrNO/c1-2-3(4)5-6/h3H,2H2,1H3. The summed E-state index contributed by atoms with van der Waals surface area (Å²) in [7, 11) is 0. The minimum atomic E-state index is -0.183. The minimum Gasteiger partial charge on any atom is -0.150 e. The van der Waals surface area contributed by atoms with Gasteiger partial charge in [-0.05, 0) is 6.42 Å². The van der Waals surface area contributed by atoms with Crippen LogP contribution in [0.25, 0.3) is 0 Å². The number of hydrogen-bond acceptors (Lipinski definition) is 2. The van der Waals surface area contributed by atoms with Gasteiger partial charge in [0.2, 0.25) is 0 Å². The number of nitroso groups, excluding NO2 is 1. The summed E-state index contributed by atoms with van der Waals surface area (Å²) in [6.07, 6.45) is 0.767. The Morgan fingerprint density at radius 2 is 2.50 bits per heavy atom. The first-order valence-corrected chi connectivity index (χ1v) is 2.69. The van der Waals surface area contributed by atoms with Gasteiger partial charge in [-0.1, -0.05) is 28.0 Å². The van der Waals surface area contributed by atoms with Gasteiger partial charge in [0.15, 0.2) is 0 Å². The number of rotatable bonds is 2. The van der Waals surface area contributed by atoms with Crippen LogP contribution in [0.4, 0.5) is 0 Å². The molecule has 1 unspecified atom stereocenters. The van der Waals surface area contributed by atoms with E-state index in [1.165, 1.54) is 0 Å². The Balaban J connectivity index is 2.96. The highest BCUT2D eigenvalue weighted by molar-refractivity contribution is 9.09. The third-order valence-electron chi connectivity index (χ3n) is 0.451. The number of hydrogen-bond donors (Lipinski definition) is 0. The summed E-state index contributed by atoms with van der Waals surface area (Å²) in [6.45, 7) is 1.89. The van der Waals surface area contributed by atoms with Gasteiger partial charge in [-0.3, -0.25) is 0 Å². The molecular weight excluding hydrogens is 146 g/mol. The lowest BCUT2D eigenvalue weighted by molar-refractivity contribution is 0.878. The van der Waals surface area contributed by atoms with Crippen molar-refractivity contribution in [3.8, 4) is 0 Å². The van der Waals surface area contributed by atoms with Crippen LogP contribution in [-0.2, 0) is 0 Å². The Morgan fingerprint density at radius 1 is 2.00 bits per heavy atom. The molecule has 2 nitrogen and oxygen atoms in total. The molecule has 0 aliphatic heterocycles. The fourth-order valence-corrected chi connectivity index (χ4v) is 0.0745. The lowest BCUT2D eigenvalue weighted by atomic mass is 10.5. The molecule has 0 aromatic carbocycles. The van der Waals surface area contributed by atoms with Gasteiger partial charge in [0.1, 0.15) is 4.95 Å². The molecule has 0 aliphatic carbocycles. The summed E-state index contributed by atoms with van der Waals surface area (Å²) in [4.78, 5) is 9.26. The van der Waals surface area contributed by atoms with Gasteiger partial charge >= 0.3 is 0 Å². The maximum atomic E-state index is 9.44. The normalized spacial score (nSPS) is 13.7. The molecule has 0 aromatic heterocycles. The molecule has 0 amide bonds. The quantitative estimate of drug-likeness (QED) is 0.337. The SMILES string of the molecule is CCC(Br)N=O. The maximum Gasteiger partial charge on any atom is 0.146 e. The first-order chi connectivity index (χ1) is 2.81. The zero-order valence-electron chi connectivity index (χ0n) is 3.52. The molecule has 0 spiro atoms. The molecule has 0 heterocycles. The summed E-state index contributed by atoms with van der Waals surface area (Å²) in [6, 6.07) is 0. The van der Waals surface area contributed by atoms with Crippen molar-refractivity contribution in [1.29, 1.82) is 0 Å². The van der Waals surface area contributed by atoms with E-state index < -0.39 is 0 Å². The average molecular weight is 152 g/mol. The second-order valence-electron chi connectivity index (χ2n) is 0.948. The highest BCUT2D eigenvalue weighted by Crippen LogP contribution is 2.02. The largest absolute Gasteiger partial charge is 0.150 e. The average Bonchev–Trinajstić information content (AvgIpc) is 1.65. The maximum absolute atomic E-state index is 9.44. The Morgan fingerprint density at radius 3 is 2.50 bits per heavy atom. The highest BCUT2D eigenvalue weighted by Gasteiger charge is 1.92. The molecule has 0 bridgehead atoms. The van der Waals surface area contributed by atoms with Crippen LogP contribution >= 0.6 is 15.9 Å². The molecule has 36 valence electrons. The molecule has 0 rings (SSSR count). The van der Waals surface area contributed by atoms with Crippen molar-refractivity contribution >= 4 is 15.9 Å². The third-order valence-corrected chi connectivity index (χ3v) is 1.27. The van der Waals surface area contributed by atoms with Gasteiger partial charge in [-0.2, -0.15) is 0 Å². The second kappa shape index (κ2) is 3.28. The second-order valence-corrected chi connectivity index (χ2v) is 2.01.